The summed E-state index contributed by atoms with van der Waals surface area (Å²) in [5, 5.41) is 3.40. The Morgan fingerprint density at radius 3 is 2.15 bits per heavy atom. The van der Waals surface area contributed by atoms with Crippen LogP contribution in [0.5, 0.6) is 0 Å². The van der Waals surface area contributed by atoms with E-state index in [0.29, 0.717) is 19.8 Å². The zero-order chi connectivity index (χ0) is 19.3. The van der Waals surface area contributed by atoms with Gasteiger partial charge < -0.3 is 18.9 Å². The molecule has 0 aliphatic carbocycles. The Morgan fingerprint density at radius 1 is 0.926 bits per heavy atom. The van der Waals surface area contributed by atoms with Crippen LogP contribution in [0.3, 0.4) is 0 Å². The van der Waals surface area contributed by atoms with Crippen molar-refractivity contribution < 1.29 is 33.8 Å². The number of hydrogen-bond donors (Lipinski definition) is 3. The number of rotatable bonds is 19. The molecule has 13 heteroatoms. The van der Waals surface area contributed by atoms with Crippen molar-refractivity contribution >= 4 is 0 Å². The summed E-state index contributed by atoms with van der Waals surface area (Å²) in [6.45, 7) is 13.5. The molecule has 2 fully saturated rings. The second kappa shape index (κ2) is 12.6. The molecule has 27 heavy (non-hydrogen) atoms. The van der Waals surface area contributed by atoms with Crippen LogP contribution in [0, 0.1) is 0 Å². The van der Waals surface area contributed by atoms with Crippen LogP contribution in [-0.2, 0) is 33.8 Å². The average Bonchev–Trinajstić information content (AvgIpc) is 3.59. The molecule has 0 aromatic heterocycles. The van der Waals surface area contributed by atoms with E-state index in [4.69, 9.17) is 33.8 Å². The summed E-state index contributed by atoms with van der Waals surface area (Å²) in [7, 11) is 0. The average molecular weight is 390 g/mol. The highest BCUT2D eigenvalue weighted by atomic mass is 17.0. The maximum atomic E-state index is 5.39. The molecule has 2 atom stereocenters. The lowest BCUT2D eigenvalue weighted by Gasteiger charge is -2.26. The first-order chi connectivity index (χ1) is 13.2. The topological polar surface area (TPSA) is 117 Å². The third-order valence-electron chi connectivity index (χ3n) is 2.95. The van der Waals surface area contributed by atoms with Gasteiger partial charge in [0.1, 0.15) is 25.7 Å². The molecule has 0 radical (unpaired) electrons. The van der Waals surface area contributed by atoms with Crippen LogP contribution in [0.2, 0.25) is 0 Å². The normalized spacial score (nSPS) is 20.0. The van der Waals surface area contributed by atoms with Gasteiger partial charge in [0.05, 0.1) is 26.4 Å². The molecule has 0 aromatic rings. The van der Waals surface area contributed by atoms with Gasteiger partial charge in [0.2, 0.25) is 0 Å². The monoisotopic (exact) mass is 390 g/mol. The maximum Gasteiger partial charge on any atom is 0.145 e. The Kier molecular flexibility index (Phi) is 10.0. The molecule has 13 nitrogen and oxygen atoms in total. The second-order valence-corrected chi connectivity index (χ2v) is 5.14. The summed E-state index contributed by atoms with van der Waals surface area (Å²) < 4.78 is 20.7. The van der Waals surface area contributed by atoms with Crippen LogP contribution >= 0.6 is 0 Å². The first-order valence-electron chi connectivity index (χ1n) is 8.11. The third kappa shape index (κ3) is 10.2. The van der Waals surface area contributed by atoms with Crippen molar-refractivity contribution in [1.29, 1.82) is 0 Å². The van der Waals surface area contributed by atoms with Gasteiger partial charge in [0.25, 0.3) is 0 Å². The van der Waals surface area contributed by atoms with Crippen LogP contribution in [0.4, 0.5) is 0 Å². The maximum absolute atomic E-state index is 5.39. The fraction of sp³-hybridized carbons (Fsp3) is 0.571. The number of hydrogen-bond acceptors (Lipinski definition) is 13. The standard InChI is InChI=1S/C14H26N6O7/c1-4-18(12-22-8-14-10-24-14)27-20(6-3)17-25-16-19(5-2)26-15-11-21-7-13-9-23-13/h4-6,13-17H,1-3,7-12H2. The Balaban J connectivity index is 1.52. The number of epoxide rings is 2. The zero-order valence-corrected chi connectivity index (χ0v) is 15.0. The van der Waals surface area contributed by atoms with E-state index in [1.165, 1.54) is 23.7 Å². The highest BCUT2D eigenvalue weighted by Gasteiger charge is 2.23. The van der Waals surface area contributed by atoms with Gasteiger partial charge in [-0.15, -0.1) is 20.8 Å². The number of hydroxylamine groups is 5. The Labute approximate surface area is 157 Å². The van der Waals surface area contributed by atoms with Gasteiger partial charge in [0.15, 0.2) is 0 Å². The first-order valence-corrected chi connectivity index (χ1v) is 8.11. The molecular weight excluding hydrogens is 364 g/mol. The molecule has 2 saturated heterocycles. The van der Waals surface area contributed by atoms with E-state index < -0.39 is 0 Å². The smallest absolute Gasteiger partial charge is 0.145 e. The van der Waals surface area contributed by atoms with Crippen LogP contribution in [0.1, 0.15) is 0 Å². The van der Waals surface area contributed by atoms with Crippen molar-refractivity contribution in [2.75, 3.05) is 39.9 Å². The van der Waals surface area contributed by atoms with Crippen molar-refractivity contribution in [2.24, 2.45) is 0 Å². The van der Waals surface area contributed by atoms with Gasteiger partial charge in [-0.3, -0.25) is 0 Å². The Morgan fingerprint density at radius 2 is 1.56 bits per heavy atom. The quantitative estimate of drug-likeness (QED) is 0.111. The van der Waals surface area contributed by atoms with Crippen LogP contribution in [0.25, 0.3) is 0 Å². The Bertz CT molecular complexity index is 452. The molecule has 2 aliphatic heterocycles. The lowest BCUT2D eigenvalue weighted by molar-refractivity contribution is -0.390. The van der Waals surface area contributed by atoms with Crippen LogP contribution in [0.15, 0.2) is 38.3 Å². The van der Waals surface area contributed by atoms with Crippen molar-refractivity contribution in [1.82, 2.24) is 32.1 Å². The summed E-state index contributed by atoms with van der Waals surface area (Å²) >= 11 is 0. The molecule has 0 amide bonds. The molecule has 0 aromatic carbocycles. The predicted molar refractivity (Wildman–Crippen MR) is 89.9 cm³/mol. The number of nitrogens with one attached hydrogen (secondary N) is 3. The minimum absolute atomic E-state index is 0.139. The van der Waals surface area contributed by atoms with Crippen molar-refractivity contribution in [3.63, 3.8) is 0 Å². The molecule has 154 valence electrons. The highest BCUT2D eigenvalue weighted by molar-refractivity contribution is 4.68. The van der Waals surface area contributed by atoms with E-state index in [2.05, 4.69) is 36.4 Å². The summed E-state index contributed by atoms with van der Waals surface area (Å²) in [5.74, 6) is 0. The molecule has 2 heterocycles. The molecule has 0 bridgehead atoms. The fourth-order valence-corrected chi connectivity index (χ4v) is 1.44. The van der Waals surface area contributed by atoms with Gasteiger partial charge in [-0.25, -0.2) is 5.06 Å². The molecule has 0 saturated carbocycles. The summed E-state index contributed by atoms with van der Waals surface area (Å²) in [4.78, 5) is 15.4. The lowest BCUT2D eigenvalue weighted by atomic mass is 10.5. The molecule has 2 rings (SSSR count). The van der Waals surface area contributed by atoms with Gasteiger partial charge >= 0.3 is 0 Å². The predicted octanol–water partition coefficient (Wildman–Crippen LogP) is -0.793. The Hall–Kier alpha value is -1.78. The second-order valence-electron chi connectivity index (χ2n) is 5.14. The van der Waals surface area contributed by atoms with Gasteiger partial charge in [0, 0.05) is 18.6 Å². The molecule has 2 unspecified atom stereocenters. The van der Waals surface area contributed by atoms with Gasteiger partial charge in [-0.05, 0) is 0 Å². The van der Waals surface area contributed by atoms with E-state index in [0.717, 1.165) is 17.0 Å². The zero-order valence-electron chi connectivity index (χ0n) is 15.0. The van der Waals surface area contributed by atoms with E-state index in [9.17, 15) is 0 Å². The number of ether oxygens (including phenoxy) is 4. The summed E-state index contributed by atoms with van der Waals surface area (Å²) in [6.07, 6.45) is 4.38. The molecule has 3 N–H and O–H groups in total. The van der Waals surface area contributed by atoms with Crippen LogP contribution < -0.4 is 16.7 Å². The van der Waals surface area contributed by atoms with Crippen molar-refractivity contribution in [2.45, 2.75) is 12.2 Å². The summed E-state index contributed by atoms with van der Waals surface area (Å²) in [5.41, 5.74) is 7.33. The lowest BCUT2D eigenvalue weighted by Crippen LogP contribution is -2.46. The first kappa shape index (κ1) is 21.5. The largest absolute Gasteiger partial charge is 0.371 e. The minimum atomic E-state index is 0.139. The number of nitrogens with zero attached hydrogens (tertiary/aromatic N) is 3. The molecular formula is C14H26N6O7. The van der Waals surface area contributed by atoms with Gasteiger partial charge in [-0.1, -0.05) is 30.9 Å². The van der Waals surface area contributed by atoms with Gasteiger partial charge in [-0.2, -0.15) is 9.88 Å². The van der Waals surface area contributed by atoms with E-state index >= 15 is 0 Å². The van der Waals surface area contributed by atoms with E-state index in [1.807, 2.05) is 0 Å². The van der Waals surface area contributed by atoms with Crippen molar-refractivity contribution in [3.8, 4) is 0 Å². The number of hydrazine groups is 2. The molecule has 2 aliphatic rings. The fourth-order valence-electron chi connectivity index (χ4n) is 1.44. The third-order valence-corrected chi connectivity index (χ3v) is 2.95. The highest BCUT2D eigenvalue weighted by Crippen LogP contribution is 2.09. The SMILES string of the molecule is C=CN(COCC1CO1)ON(C=C)NONN(C=C)ONCOCC1CO1. The minimum Gasteiger partial charge on any atom is -0.371 e. The van der Waals surface area contributed by atoms with Crippen molar-refractivity contribution in [3.05, 3.63) is 38.3 Å². The van der Waals surface area contributed by atoms with Crippen LogP contribution in [-0.4, -0.2) is 67.5 Å². The summed E-state index contributed by atoms with van der Waals surface area (Å²) in [6, 6.07) is 0. The van der Waals surface area contributed by atoms with E-state index in [-0.39, 0.29) is 25.7 Å². The molecule has 0 spiro atoms. The van der Waals surface area contributed by atoms with E-state index in [1.54, 1.807) is 0 Å².